The Morgan fingerprint density at radius 2 is 1.82 bits per heavy atom. The summed E-state index contributed by atoms with van der Waals surface area (Å²) in [6.45, 7) is 2.29. The van der Waals surface area contributed by atoms with E-state index in [1.165, 1.54) is 24.5 Å². The Kier molecular flexibility index (Phi) is 5.58. The van der Waals surface area contributed by atoms with Crippen molar-refractivity contribution in [3.8, 4) is 0 Å². The van der Waals surface area contributed by atoms with E-state index in [0.717, 1.165) is 23.3 Å². The summed E-state index contributed by atoms with van der Waals surface area (Å²) in [5.74, 6) is -0.189. The number of hydrogen-bond donors (Lipinski definition) is 2. The highest BCUT2D eigenvalue weighted by Crippen LogP contribution is 2.31. The average molecular weight is 386 g/mol. The minimum atomic E-state index is -4.44. The van der Waals surface area contributed by atoms with E-state index in [-0.39, 0.29) is 17.2 Å². The molecule has 1 aromatic heterocycles. The third kappa shape index (κ3) is 5.06. The molecule has 1 heterocycles. The van der Waals surface area contributed by atoms with E-state index in [4.69, 9.17) is 0 Å². The number of carbonyl (C=O) groups is 1. The summed E-state index contributed by atoms with van der Waals surface area (Å²) in [6, 6.07) is 13.8. The van der Waals surface area contributed by atoms with Gasteiger partial charge in [0.2, 0.25) is 0 Å². The van der Waals surface area contributed by atoms with Gasteiger partial charge in [-0.2, -0.15) is 13.2 Å². The van der Waals surface area contributed by atoms with Gasteiger partial charge in [0.25, 0.3) is 5.91 Å². The Balaban J connectivity index is 1.69. The highest BCUT2D eigenvalue weighted by Gasteiger charge is 2.30. The van der Waals surface area contributed by atoms with Crippen LogP contribution < -0.4 is 10.6 Å². The van der Waals surface area contributed by atoms with Crippen LogP contribution in [0.4, 0.5) is 24.7 Å². The van der Waals surface area contributed by atoms with Crippen LogP contribution in [0.3, 0.4) is 0 Å². The monoisotopic (exact) mass is 386 g/mol. The number of anilines is 2. The molecule has 28 heavy (non-hydrogen) atoms. The maximum atomic E-state index is 12.8. The number of aromatic nitrogens is 2. The number of nitrogens with zero attached hydrogens (tertiary/aromatic N) is 2. The lowest BCUT2D eigenvalue weighted by atomic mass is 10.1. The van der Waals surface area contributed by atoms with E-state index >= 15 is 0 Å². The number of amides is 1. The van der Waals surface area contributed by atoms with Gasteiger partial charge in [0, 0.05) is 18.3 Å². The molecule has 3 aromatic rings. The first-order chi connectivity index (χ1) is 13.3. The summed E-state index contributed by atoms with van der Waals surface area (Å²) in [5, 5.41) is 5.52. The third-order valence-electron chi connectivity index (χ3n) is 3.90. The Bertz CT molecular complexity index is 989. The topological polar surface area (TPSA) is 66.9 Å². The van der Waals surface area contributed by atoms with Gasteiger partial charge in [-0.1, -0.05) is 35.9 Å². The molecule has 0 aliphatic rings. The van der Waals surface area contributed by atoms with Crippen molar-refractivity contribution in [2.45, 2.75) is 19.6 Å². The molecule has 0 atom stereocenters. The fourth-order valence-corrected chi connectivity index (χ4v) is 2.57. The van der Waals surface area contributed by atoms with Crippen molar-refractivity contribution in [1.29, 1.82) is 0 Å². The quantitative estimate of drug-likeness (QED) is 0.679. The van der Waals surface area contributed by atoms with E-state index in [1.54, 1.807) is 0 Å². The number of rotatable bonds is 5. The summed E-state index contributed by atoms with van der Waals surface area (Å²) in [6.07, 6.45) is -3.26. The molecule has 0 radical (unpaired) electrons. The Morgan fingerprint density at radius 3 is 2.57 bits per heavy atom. The van der Waals surface area contributed by atoms with E-state index in [0.29, 0.717) is 6.54 Å². The lowest BCUT2D eigenvalue weighted by Gasteiger charge is -2.11. The molecule has 0 saturated carbocycles. The van der Waals surface area contributed by atoms with Gasteiger partial charge in [-0.15, -0.1) is 0 Å². The van der Waals surface area contributed by atoms with E-state index < -0.39 is 17.6 Å². The number of aryl methyl sites for hydroxylation is 1. The summed E-state index contributed by atoms with van der Waals surface area (Å²) >= 11 is 0. The molecule has 0 aliphatic heterocycles. The molecule has 1 amide bonds. The normalized spacial score (nSPS) is 11.1. The van der Waals surface area contributed by atoms with Crippen LogP contribution in [0.2, 0.25) is 0 Å². The molecular formula is C20H17F3N4O. The van der Waals surface area contributed by atoms with Crippen molar-refractivity contribution >= 4 is 17.4 Å². The number of nitrogens with one attached hydrogen (secondary N) is 2. The Labute approximate surface area is 159 Å². The van der Waals surface area contributed by atoms with Gasteiger partial charge in [0.15, 0.2) is 0 Å². The van der Waals surface area contributed by atoms with E-state index in [1.807, 2.05) is 31.2 Å². The first kappa shape index (κ1) is 19.3. The van der Waals surface area contributed by atoms with Crippen molar-refractivity contribution in [3.63, 3.8) is 0 Å². The van der Waals surface area contributed by atoms with Crippen molar-refractivity contribution in [2.24, 2.45) is 0 Å². The van der Waals surface area contributed by atoms with Gasteiger partial charge in [-0.3, -0.25) is 4.79 Å². The first-order valence-corrected chi connectivity index (χ1v) is 8.41. The Morgan fingerprint density at radius 1 is 1.04 bits per heavy atom. The van der Waals surface area contributed by atoms with Crippen molar-refractivity contribution in [3.05, 3.63) is 83.3 Å². The van der Waals surface area contributed by atoms with Crippen LogP contribution in [0, 0.1) is 6.92 Å². The number of benzene rings is 2. The molecule has 0 bridgehead atoms. The molecule has 0 saturated heterocycles. The molecule has 0 aliphatic carbocycles. The van der Waals surface area contributed by atoms with Crippen LogP contribution in [-0.4, -0.2) is 15.9 Å². The number of halogens is 3. The van der Waals surface area contributed by atoms with Gasteiger partial charge < -0.3 is 10.6 Å². The lowest BCUT2D eigenvalue weighted by molar-refractivity contribution is -0.137. The first-order valence-electron chi connectivity index (χ1n) is 8.41. The van der Waals surface area contributed by atoms with Crippen LogP contribution in [0.1, 0.15) is 27.2 Å². The smallest absolute Gasteiger partial charge is 0.347 e. The highest BCUT2D eigenvalue weighted by molar-refractivity contribution is 5.92. The van der Waals surface area contributed by atoms with Gasteiger partial charge >= 0.3 is 6.18 Å². The van der Waals surface area contributed by atoms with Crippen LogP contribution in [0.15, 0.2) is 60.9 Å². The molecule has 0 unspecified atom stereocenters. The molecule has 144 valence electrons. The fourth-order valence-electron chi connectivity index (χ4n) is 2.57. The third-order valence-corrected chi connectivity index (χ3v) is 3.90. The highest BCUT2D eigenvalue weighted by atomic mass is 19.4. The second-order valence-corrected chi connectivity index (χ2v) is 6.16. The number of hydrogen-bond acceptors (Lipinski definition) is 4. The zero-order valence-corrected chi connectivity index (χ0v) is 14.9. The maximum absolute atomic E-state index is 12.8. The zero-order valence-electron chi connectivity index (χ0n) is 14.9. The summed E-state index contributed by atoms with van der Waals surface area (Å²) in [4.78, 5) is 20.2. The van der Waals surface area contributed by atoms with Crippen molar-refractivity contribution in [2.75, 3.05) is 5.32 Å². The predicted octanol–water partition coefficient (Wildman–Crippen LogP) is 4.48. The molecule has 0 spiro atoms. The molecule has 5 nitrogen and oxygen atoms in total. The van der Waals surface area contributed by atoms with Gasteiger partial charge in [0.1, 0.15) is 17.8 Å². The largest absolute Gasteiger partial charge is 0.416 e. The summed E-state index contributed by atoms with van der Waals surface area (Å²) < 4.78 is 38.5. The fraction of sp³-hybridized carbons (Fsp3) is 0.150. The van der Waals surface area contributed by atoms with Crippen LogP contribution in [0.5, 0.6) is 0 Å². The SMILES string of the molecule is Cc1cccc(CNC(=O)c2cc(Nc3cccc(C(F)(F)F)c3)ncn2)c1. The predicted molar refractivity (Wildman–Crippen MR) is 99.1 cm³/mol. The van der Waals surface area contributed by atoms with Crippen molar-refractivity contribution in [1.82, 2.24) is 15.3 Å². The average Bonchev–Trinajstić information content (AvgIpc) is 2.66. The molecule has 0 fully saturated rings. The minimum absolute atomic E-state index is 0.108. The summed E-state index contributed by atoms with van der Waals surface area (Å²) in [5.41, 5.74) is 1.57. The number of alkyl halides is 3. The maximum Gasteiger partial charge on any atom is 0.416 e. The molecule has 8 heteroatoms. The minimum Gasteiger partial charge on any atom is -0.347 e. The summed E-state index contributed by atoms with van der Waals surface area (Å²) in [7, 11) is 0. The molecule has 2 aromatic carbocycles. The van der Waals surface area contributed by atoms with Gasteiger partial charge in [-0.05, 0) is 30.7 Å². The second-order valence-electron chi connectivity index (χ2n) is 6.16. The van der Waals surface area contributed by atoms with Gasteiger partial charge in [0.05, 0.1) is 5.56 Å². The number of carbonyl (C=O) groups excluding carboxylic acids is 1. The van der Waals surface area contributed by atoms with Crippen molar-refractivity contribution < 1.29 is 18.0 Å². The zero-order chi connectivity index (χ0) is 20.1. The van der Waals surface area contributed by atoms with E-state index in [2.05, 4.69) is 20.6 Å². The van der Waals surface area contributed by atoms with E-state index in [9.17, 15) is 18.0 Å². The molecule has 3 rings (SSSR count). The van der Waals surface area contributed by atoms with Crippen LogP contribution in [0.25, 0.3) is 0 Å². The molecule has 2 N–H and O–H groups in total. The van der Waals surface area contributed by atoms with Crippen LogP contribution >= 0.6 is 0 Å². The molecular weight excluding hydrogens is 369 g/mol. The standard InChI is InChI=1S/C20H17F3N4O/c1-13-4-2-5-14(8-13)11-24-19(28)17-10-18(26-12-25-17)27-16-7-3-6-15(9-16)20(21,22)23/h2-10,12H,11H2,1H3,(H,24,28)(H,25,26,27). The lowest BCUT2D eigenvalue weighted by Crippen LogP contribution is -2.24. The Hall–Kier alpha value is -3.42. The van der Waals surface area contributed by atoms with Gasteiger partial charge in [-0.25, -0.2) is 9.97 Å². The second kappa shape index (κ2) is 8.08. The van der Waals surface area contributed by atoms with Crippen LogP contribution in [-0.2, 0) is 12.7 Å².